The van der Waals surface area contributed by atoms with Crippen LogP contribution in [0.25, 0.3) is 0 Å². The summed E-state index contributed by atoms with van der Waals surface area (Å²) in [4.78, 5) is 0. The molecule has 0 aromatic rings. The van der Waals surface area contributed by atoms with Crippen molar-refractivity contribution in [2.75, 3.05) is 0 Å². The summed E-state index contributed by atoms with van der Waals surface area (Å²) in [5.74, 6) is 2.57. The molecule has 3 atom stereocenters. The SMILES string of the molecule is CCCCCCCC(O)C1C2CCCC21. The Morgan fingerprint density at radius 1 is 1.07 bits per heavy atom. The lowest BCUT2D eigenvalue weighted by Crippen LogP contribution is -2.12. The Hall–Kier alpha value is -0.0400. The molecular formula is C14H26O. The normalized spacial score (nSPS) is 35.2. The van der Waals surface area contributed by atoms with E-state index in [0.29, 0.717) is 5.92 Å². The van der Waals surface area contributed by atoms with Crippen LogP contribution in [-0.2, 0) is 0 Å². The van der Waals surface area contributed by atoms with Gasteiger partial charge in [0.05, 0.1) is 6.10 Å². The first-order chi connectivity index (χ1) is 7.34. The highest BCUT2D eigenvalue weighted by Gasteiger charge is 2.55. The van der Waals surface area contributed by atoms with E-state index >= 15 is 0 Å². The van der Waals surface area contributed by atoms with Crippen molar-refractivity contribution in [1.29, 1.82) is 0 Å². The maximum Gasteiger partial charge on any atom is 0.0573 e. The Labute approximate surface area is 94.3 Å². The summed E-state index contributed by atoms with van der Waals surface area (Å²) in [6, 6.07) is 0. The monoisotopic (exact) mass is 210 g/mol. The van der Waals surface area contributed by atoms with E-state index in [9.17, 15) is 5.11 Å². The van der Waals surface area contributed by atoms with Crippen LogP contribution in [0.4, 0.5) is 0 Å². The first-order valence-electron chi connectivity index (χ1n) is 7.02. The lowest BCUT2D eigenvalue weighted by Gasteiger charge is -2.12. The predicted octanol–water partition coefficient (Wildman–Crippen LogP) is 3.75. The lowest BCUT2D eigenvalue weighted by molar-refractivity contribution is 0.123. The van der Waals surface area contributed by atoms with Gasteiger partial charge in [0.1, 0.15) is 0 Å². The maximum atomic E-state index is 10.1. The molecule has 2 saturated carbocycles. The van der Waals surface area contributed by atoms with Crippen molar-refractivity contribution in [2.45, 2.75) is 70.8 Å². The van der Waals surface area contributed by atoms with E-state index in [2.05, 4.69) is 6.92 Å². The van der Waals surface area contributed by atoms with E-state index < -0.39 is 0 Å². The molecule has 15 heavy (non-hydrogen) atoms. The van der Waals surface area contributed by atoms with Crippen LogP contribution in [0.5, 0.6) is 0 Å². The summed E-state index contributed by atoms with van der Waals surface area (Å²) < 4.78 is 0. The minimum atomic E-state index is 0.0435. The van der Waals surface area contributed by atoms with Crippen LogP contribution in [0.3, 0.4) is 0 Å². The van der Waals surface area contributed by atoms with Crippen molar-refractivity contribution in [3.05, 3.63) is 0 Å². The lowest BCUT2D eigenvalue weighted by atomic mass is 10.0. The van der Waals surface area contributed by atoms with Crippen LogP contribution in [0.15, 0.2) is 0 Å². The molecule has 88 valence electrons. The molecule has 0 saturated heterocycles. The number of fused-ring (bicyclic) bond motifs is 1. The second-order valence-electron chi connectivity index (χ2n) is 5.61. The van der Waals surface area contributed by atoms with Crippen molar-refractivity contribution in [3.8, 4) is 0 Å². The fourth-order valence-corrected chi connectivity index (χ4v) is 3.60. The predicted molar refractivity (Wildman–Crippen MR) is 63.7 cm³/mol. The smallest absolute Gasteiger partial charge is 0.0573 e. The molecule has 2 aliphatic rings. The summed E-state index contributed by atoms with van der Waals surface area (Å²) in [7, 11) is 0. The molecule has 2 fully saturated rings. The van der Waals surface area contributed by atoms with Crippen LogP contribution in [0.1, 0.15) is 64.7 Å². The van der Waals surface area contributed by atoms with Crippen molar-refractivity contribution < 1.29 is 5.11 Å². The Bertz CT molecular complexity index is 180. The second-order valence-corrected chi connectivity index (χ2v) is 5.61. The van der Waals surface area contributed by atoms with Gasteiger partial charge in [-0.25, -0.2) is 0 Å². The molecule has 0 amide bonds. The highest BCUT2D eigenvalue weighted by Crippen LogP contribution is 2.59. The largest absolute Gasteiger partial charge is 0.393 e. The average Bonchev–Trinajstić information content (AvgIpc) is 2.72. The van der Waals surface area contributed by atoms with Crippen molar-refractivity contribution >= 4 is 0 Å². The molecule has 0 bridgehead atoms. The molecule has 0 spiro atoms. The Morgan fingerprint density at radius 2 is 1.73 bits per heavy atom. The van der Waals surface area contributed by atoms with Gasteiger partial charge in [0, 0.05) is 0 Å². The van der Waals surface area contributed by atoms with Crippen molar-refractivity contribution in [3.63, 3.8) is 0 Å². The third kappa shape index (κ3) is 2.75. The Morgan fingerprint density at radius 3 is 2.40 bits per heavy atom. The van der Waals surface area contributed by atoms with Gasteiger partial charge in [-0.3, -0.25) is 0 Å². The van der Waals surface area contributed by atoms with Crippen LogP contribution in [-0.4, -0.2) is 11.2 Å². The number of rotatable bonds is 7. The van der Waals surface area contributed by atoms with Gasteiger partial charge < -0.3 is 5.11 Å². The van der Waals surface area contributed by atoms with Crippen LogP contribution in [0, 0.1) is 17.8 Å². The average molecular weight is 210 g/mol. The molecule has 0 aromatic heterocycles. The summed E-state index contributed by atoms with van der Waals surface area (Å²) in [5.41, 5.74) is 0. The number of hydrogen-bond acceptors (Lipinski definition) is 1. The Balaban J connectivity index is 1.52. The zero-order valence-corrected chi connectivity index (χ0v) is 10.1. The van der Waals surface area contributed by atoms with E-state index in [0.717, 1.165) is 18.3 Å². The molecule has 2 rings (SSSR count). The molecule has 0 aromatic carbocycles. The molecule has 1 nitrogen and oxygen atoms in total. The fourth-order valence-electron chi connectivity index (χ4n) is 3.60. The van der Waals surface area contributed by atoms with Gasteiger partial charge in [-0.2, -0.15) is 0 Å². The minimum absolute atomic E-state index is 0.0435. The molecule has 1 N–H and O–H groups in total. The van der Waals surface area contributed by atoms with E-state index in [1.165, 1.54) is 51.4 Å². The molecule has 2 aliphatic carbocycles. The highest BCUT2D eigenvalue weighted by molar-refractivity contribution is 5.03. The minimum Gasteiger partial charge on any atom is -0.393 e. The van der Waals surface area contributed by atoms with Crippen molar-refractivity contribution in [2.24, 2.45) is 17.8 Å². The number of aliphatic hydroxyl groups is 1. The number of unbranched alkanes of at least 4 members (excludes halogenated alkanes) is 4. The van der Waals surface area contributed by atoms with E-state index in [-0.39, 0.29) is 6.10 Å². The zero-order valence-electron chi connectivity index (χ0n) is 10.1. The van der Waals surface area contributed by atoms with Crippen LogP contribution >= 0.6 is 0 Å². The van der Waals surface area contributed by atoms with Gasteiger partial charge >= 0.3 is 0 Å². The third-order valence-electron chi connectivity index (χ3n) is 4.52. The number of hydrogen-bond donors (Lipinski definition) is 1. The summed E-state index contributed by atoms with van der Waals surface area (Å²) in [6.07, 6.45) is 12.0. The standard InChI is InChI=1S/C14H26O/c1-2-3-4-5-6-10-13(15)14-11-8-7-9-12(11)14/h11-15H,2-10H2,1H3. The first-order valence-corrected chi connectivity index (χ1v) is 7.02. The molecule has 1 heteroatoms. The Kier molecular flexibility index (Phi) is 4.07. The fraction of sp³-hybridized carbons (Fsp3) is 1.00. The van der Waals surface area contributed by atoms with Crippen LogP contribution in [0.2, 0.25) is 0 Å². The maximum absolute atomic E-state index is 10.1. The summed E-state index contributed by atoms with van der Waals surface area (Å²) in [6.45, 7) is 2.25. The van der Waals surface area contributed by atoms with Gasteiger partial charge in [0.2, 0.25) is 0 Å². The summed E-state index contributed by atoms with van der Waals surface area (Å²) in [5, 5.41) is 10.1. The van der Waals surface area contributed by atoms with Crippen molar-refractivity contribution in [1.82, 2.24) is 0 Å². The molecule has 0 aliphatic heterocycles. The van der Waals surface area contributed by atoms with E-state index in [4.69, 9.17) is 0 Å². The molecule has 0 heterocycles. The van der Waals surface area contributed by atoms with E-state index in [1.54, 1.807) is 0 Å². The van der Waals surface area contributed by atoms with Gasteiger partial charge in [-0.05, 0) is 37.0 Å². The van der Waals surface area contributed by atoms with E-state index in [1.807, 2.05) is 0 Å². The quantitative estimate of drug-likeness (QED) is 0.634. The third-order valence-corrected chi connectivity index (χ3v) is 4.52. The second kappa shape index (κ2) is 5.34. The molecular weight excluding hydrogens is 184 g/mol. The van der Waals surface area contributed by atoms with Gasteiger partial charge in [0.15, 0.2) is 0 Å². The molecule has 0 radical (unpaired) electrons. The van der Waals surface area contributed by atoms with Gasteiger partial charge in [-0.1, -0.05) is 45.4 Å². The molecule has 3 unspecified atom stereocenters. The topological polar surface area (TPSA) is 20.2 Å². The van der Waals surface area contributed by atoms with Gasteiger partial charge in [-0.15, -0.1) is 0 Å². The zero-order chi connectivity index (χ0) is 10.7. The highest BCUT2D eigenvalue weighted by atomic mass is 16.3. The summed E-state index contributed by atoms with van der Waals surface area (Å²) >= 11 is 0. The van der Waals surface area contributed by atoms with Crippen LogP contribution < -0.4 is 0 Å². The van der Waals surface area contributed by atoms with Gasteiger partial charge in [0.25, 0.3) is 0 Å². The number of aliphatic hydroxyl groups excluding tert-OH is 1. The first kappa shape index (κ1) is 11.4.